The van der Waals surface area contributed by atoms with Crippen LogP contribution in [0.3, 0.4) is 0 Å². The molecule has 156 valence electrons. The lowest BCUT2D eigenvalue weighted by Crippen LogP contribution is -2.26. The molecule has 0 aromatic heterocycles. The van der Waals surface area contributed by atoms with Crippen molar-refractivity contribution in [1.82, 2.24) is 0 Å². The molecule has 3 aliphatic rings. The van der Waals surface area contributed by atoms with Gasteiger partial charge in [-0.1, -0.05) is 64.5 Å². The average molecular weight is 375 g/mol. The molecule has 0 radical (unpaired) electrons. The molecule has 0 amide bonds. The Morgan fingerprint density at radius 1 is 0.704 bits per heavy atom. The Morgan fingerprint density at radius 3 is 1.96 bits per heavy atom. The molecule has 27 heavy (non-hydrogen) atoms. The van der Waals surface area contributed by atoms with Gasteiger partial charge in [0.2, 0.25) is 0 Å². The number of hydrogen-bond donors (Lipinski definition) is 0. The maximum atomic E-state index is 6.16. The number of unbranched alkanes of at least 4 members (excludes halogenated alkanes) is 2. The van der Waals surface area contributed by atoms with Gasteiger partial charge in [-0.25, -0.2) is 0 Å². The molecule has 1 nitrogen and oxygen atoms in total. The SMILES string of the molecule is CCCCCC1CCC(C=CC2CCC(C3CCC(CC)CC3)CC2)OC1. The second kappa shape index (κ2) is 11.6. The molecule has 0 N–H and O–H groups in total. The fourth-order valence-corrected chi connectivity index (χ4v) is 6.05. The number of rotatable bonds is 8. The Balaban J connectivity index is 1.30. The number of ether oxygens (including phenoxy) is 1. The van der Waals surface area contributed by atoms with Crippen molar-refractivity contribution >= 4 is 0 Å². The fourth-order valence-electron chi connectivity index (χ4n) is 6.05. The van der Waals surface area contributed by atoms with Crippen LogP contribution in [-0.2, 0) is 4.74 Å². The van der Waals surface area contributed by atoms with E-state index in [2.05, 4.69) is 26.0 Å². The van der Waals surface area contributed by atoms with Crippen LogP contribution in [0.15, 0.2) is 12.2 Å². The molecule has 2 aliphatic carbocycles. The van der Waals surface area contributed by atoms with Crippen molar-refractivity contribution in [3.8, 4) is 0 Å². The zero-order chi connectivity index (χ0) is 18.9. The van der Waals surface area contributed by atoms with Crippen LogP contribution in [0, 0.1) is 29.6 Å². The maximum absolute atomic E-state index is 6.16. The summed E-state index contributed by atoms with van der Waals surface area (Å²) in [6.07, 6.45) is 26.8. The van der Waals surface area contributed by atoms with Crippen molar-refractivity contribution in [1.29, 1.82) is 0 Å². The lowest BCUT2D eigenvalue weighted by atomic mass is 9.69. The third-order valence-corrected chi connectivity index (χ3v) is 8.17. The Labute approximate surface area is 169 Å². The van der Waals surface area contributed by atoms with Crippen LogP contribution in [0.25, 0.3) is 0 Å². The Bertz CT molecular complexity index is 404. The van der Waals surface area contributed by atoms with E-state index in [0.29, 0.717) is 6.10 Å². The van der Waals surface area contributed by atoms with Crippen LogP contribution in [0.1, 0.15) is 110 Å². The van der Waals surface area contributed by atoms with E-state index < -0.39 is 0 Å². The molecule has 2 unspecified atom stereocenters. The van der Waals surface area contributed by atoms with Crippen LogP contribution >= 0.6 is 0 Å². The second-order valence-corrected chi connectivity index (χ2v) is 10.1. The highest BCUT2D eigenvalue weighted by Crippen LogP contribution is 2.42. The Hall–Kier alpha value is -0.300. The average Bonchev–Trinajstić information content (AvgIpc) is 2.74. The molecule has 1 heterocycles. The van der Waals surface area contributed by atoms with Gasteiger partial charge in [0, 0.05) is 0 Å². The van der Waals surface area contributed by atoms with Crippen LogP contribution in [0.4, 0.5) is 0 Å². The summed E-state index contributed by atoms with van der Waals surface area (Å²) in [6.45, 7) is 5.68. The molecular weight excluding hydrogens is 328 g/mol. The quantitative estimate of drug-likeness (QED) is 0.309. The molecule has 3 fully saturated rings. The van der Waals surface area contributed by atoms with Gasteiger partial charge in [0.05, 0.1) is 12.7 Å². The standard InChI is InChI=1S/C26H46O/c1-3-5-6-7-23-13-19-26(27-20-23)18-12-22-10-16-25(17-11-22)24-14-8-21(4-2)9-15-24/h12,18,21-26H,3-11,13-17,19-20H2,1-2H3. The molecule has 3 rings (SSSR count). The van der Waals surface area contributed by atoms with Crippen molar-refractivity contribution in [3.05, 3.63) is 12.2 Å². The fraction of sp³-hybridized carbons (Fsp3) is 0.923. The third-order valence-electron chi connectivity index (χ3n) is 8.17. The van der Waals surface area contributed by atoms with Crippen LogP contribution in [0.2, 0.25) is 0 Å². The Kier molecular flexibility index (Phi) is 9.23. The van der Waals surface area contributed by atoms with Gasteiger partial charge in [-0.15, -0.1) is 0 Å². The van der Waals surface area contributed by atoms with E-state index in [1.807, 2.05) is 0 Å². The molecule has 0 spiro atoms. The van der Waals surface area contributed by atoms with Crippen molar-refractivity contribution in [2.75, 3.05) is 6.61 Å². The van der Waals surface area contributed by atoms with Crippen molar-refractivity contribution in [3.63, 3.8) is 0 Å². The largest absolute Gasteiger partial charge is 0.374 e. The summed E-state index contributed by atoms with van der Waals surface area (Å²) in [7, 11) is 0. The second-order valence-electron chi connectivity index (χ2n) is 10.1. The summed E-state index contributed by atoms with van der Waals surface area (Å²) in [6, 6.07) is 0. The van der Waals surface area contributed by atoms with E-state index in [9.17, 15) is 0 Å². The molecule has 1 heteroatoms. The van der Waals surface area contributed by atoms with Gasteiger partial charge in [0.25, 0.3) is 0 Å². The van der Waals surface area contributed by atoms with E-state index in [1.54, 1.807) is 0 Å². The van der Waals surface area contributed by atoms with Crippen molar-refractivity contribution in [2.24, 2.45) is 29.6 Å². The normalized spacial score (nSPS) is 38.3. The van der Waals surface area contributed by atoms with Gasteiger partial charge in [-0.3, -0.25) is 0 Å². The lowest BCUT2D eigenvalue weighted by Gasteiger charge is -2.37. The number of allylic oxidation sites excluding steroid dienone is 1. The zero-order valence-corrected chi connectivity index (χ0v) is 18.3. The monoisotopic (exact) mass is 374 g/mol. The highest BCUT2D eigenvalue weighted by atomic mass is 16.5. The van der Waals surface area contributed by atoms with Gasteiger partial charge >= 0.3 is 0 Å². The van der Waals surface area contributed by atoms with Crippen LogP contribution in [0.5, 0.6) is 0 Å². The molecule has 1 saturated heterocycles. The van der Waals surface area contributed by atoms with Gasteiger partial charge in [0.15, 0.2) is 0 Å². The summed E-state index contributed by atoms with van der Waals surface area (Å²) in [5, 5.41) is 0. The number of hydrogen-bond acceptors (Lipinski definition) is 1. The minimum absolute atomic E-state index is 0.412. The topological polar surface area (TPSA) is 9.23 Å². The third kappa shape index (κ3) is 6.91. The van der Waals surface area contributed by atoms with Crippen LogP contribution < -0.4 is 0 Å². The van der Waals surface area contributed by atoms with E-state index >= 15 is 0 Å². The first-order chi connectivity index (χ1) is 13.3. The van der Waals surface area contributed by atoms with Crippen molar-refractivity contribution in [2.45, 2.75) is 116 Å². The molecule has 1 aliphatic heterocycles. The van der Waals surface area contributed by atoms with Crippen molar-refractivity contribution < 1.29 is 4.74 Å². The minimum Gasteiger partial charge on any atom is -0.374 e. The first kappa shape index (κ1) is 21.4. The van der Waals surface area contributed by atoms with E-state index in [1.165, 1.54) is 96.3 Å². The lowest BCUT2D eigenvalue weighted by molar-refractivity contribution is 0.00751. The van der Waals surface area contributed by atoms with Gasteiger partial charge in [-0.2, -0.15) is 0 Å². The molecule has 0 aromatic rings. The predicted molar refractivity (Wildman–Crippen MR) is 117 cm³/mol. The summed E-state index contributed by atoms with van der Waals surface area (Å²) in [4.78, 5) is 0. The van der Waals surface area contributed by atoms with Gasteiger partial charge in [-0.05, 0) is 87.4 Å². The summed E-state index contributed by atoms with van der Waals surface area (Å²) >= 11 is 0. The highest BCUT2D eigenvalue weighted by Gasteiger charge is 2.30. The van der Waals surface area contributed by atoms with E-state index in [4.69, 9.17) is 4.74 Å². The smallest absolute Gasteiger partial charge is 0.0756 e. The molecular formula is C26H46O. The van der Waals surface area contributed by atoms with Crippen LogP contribution in [-0.4, -0.2) is 12.7 Å². The van der Waals surface area contributed by atoms with Gasteiger partial charge in [0.1, 0.15) is 0 Å². The summed E-state index contributed by atoms with van der Waals surface area (Å²) in [5.41, 5.74) is 0. The molecule has 2 saturated carbocycles. The molecule has 0 bridgehead atoms. The molecule has 0 aromatic carbocycles. The maximum Gasteiger partial charge on any atom is 0.0756 e. The minimum atomic E-state index is 0.412. The first-order valence-corrected chi connectivity index (χ1v) is 12.6. The van der Waals surface area contributed by atoms with E-state index in [0.717, 1.165) is 36.2 Å². The van der Waals surface area contributed by atoms with Gasteiger partial charge < -0.3 is 4.74 Å². The Morgan fingerprint density at radius 2 is 1.37 bits per heavy atom. The highest BCUT2D eigenvalue weighted by molar-refractivity contribution is 4.97. The molecule has 2 atom stereocenters. The zero-order valence-electron chi connectivity index (χ0n) is 18.3. The summed E-state index contributed by atoms with van der Waals surface area (Å²) < 4.78 is 6.16. The first-order valence-electron chi connectivity index (χ1n) is 12.6. The van der Waals surface area contributed by atoms with E-state index in [-0.39, 0.29) is 0 Å². The summed E-state index contributed by atoms with van der Waals surface area (Å²) in [5.74, 6) is 4.81. The predicted octanol–water partition coefficient (Wildman–Crippen LogP) is 7.94.